The highest BCUT2D eigenvalue weighted by Crippen LogP contribution is 2.40. The fourth-order valence-electron chi connectivity index (χ4n) is 2.88. The van der Waals surface area contributed by atoms with Crippen molar-refractivity contribution in [1.29, 1.82) is 0 Å². The summed E-state index contributed by atoms with van der Waals surface area (Å²) in [5, 5.41) is 12.9. The number of methoxy groups -OCH3 is 2. The number of nitrogens with one attached hydrogen (secondary N) is 3. The van der Waals surface area contributed by atoms with Gasteiger partial charge in [-0.1, -0.05) is 5.16 Å². The smallest absolute Gasteiger partial charge is 0.329 e. The number of carbonyl (C=O) groups is 4. The highest BCUT2D eigenvalue weighted by Gasteiger charge is 2.42. The quantitative estimate of drug-likeness (QED) is 0.187. The van der Waals surface area contributed by atoms with E-state index in [1.54, 1.807) is 11.9 Å². The summed E-state index contributed by atoms with van der Waals surface area (Å²) in [6.45, 7) is -0.0616. The molecule has 16 heteroatoms. The number of oxime groups is 1. The van der Waals surface area contributed by atoms with Crippen molar-refractivity contribution >= 4 is 71.1 Å². The van der Waals surface area contributed by atoms with Crippen LogP contribution in [0.4, 0.5) is 15.3 Å². The Kier molecular flexibility index (Phi) is 8.79. The molecule has 186 valence electrons. The Balaban J connectivity index is 1.62. The molecule has 1 saturated heterocycles. The van der Waals surface area contributed by atoms with Gasteiger partial charge in [-0.2, -0.15) is 0 Å². The van der Waals surface area contributed by atoms with Gasteiger partial charge in [0.15, 0.2) is 22.3 Å². The van der Waals surface area contributed by atoms with Crippen molar-refractivity contribution in [1.82, 2.24) is 15.2 Å². The number of anilines is 2. The van der Waals surface area contributed by atoms with Crippen molar-refractivity contribution in [2.24, 2.45) is 5.16 Å². The first-order valence-electron chi connectivity index (χ1n) is 9.76. The number of rotatable bonds is 9. The molecule has 5 amide bonds. The molecular formula is C19H20ClN6O7PS. The van der Waals surface area contributed by atoms with Crippen molar-refractivity contribution in [2.75, 3.05) is 44.4 Å². The average molecular weight is 543 g/mol. The number of thiazole rings is 1. The van der Waals surface area contributed by atoms with Gasteiger partial charge in [0.25, 0.3) is 11.8 Å². The molecule has 0 unspecified atom stereocenters. The van der Waals surface area contributed by atoms with Crippen LogP contribution in [0.25, 0.3) is 0 Å². The number of hydrogen-bond donors (Lipinski definition) is 3. The third-order valence-electron chi connectivity index (χ3n) is 4.51. The van der Waals surface area contributed by atoms with E-state index in [9.17, 15) is 19.2 Å². The first-order valence-corrected chi connectivity index (χ1v) is 12.1. The lowest BCUT2D eigenvalue weighted by atomic mass is 10.1. The predicted molar refractivity (Wildman–Crippen MR) is 130 cm³/mol. The van der Waals surface area contributed by atoms with E-state index in [2.05, 4.69) is 26.1 Å². The summed E-state index contributed by atoms with van der Waals surface area (Å²) in [5.74, 6) is 0.444. The molecule has 0 aliphatic carbocycles. The molecule has 1 fully saturated rings. The summed E-state index contributed by atoms with van der Waals surface area (Å²) in [4.78, 5) is 59.0. The highest BCUT2D eigenvalue weighted by atomic mass is 35.5. The third-order valence-corrected chi connectivity index (χ3v) is 6.38. The Morgan fingerprint density at radius 2 is 2.06 bits per heavy atom. The Morgan fingerprint density at radius 1 is 1.29 bits per heavy atom. The van der Waals surface area contributed by atoms with Gasteiger partial charge in [-0.25, -0.2) is 9.78 Å². The first-order chi connectivity index (χ1) is 16.8. The van der Waals surface area contributed by atoms with Crippen molar-refractivity contribution in [2.45, 2.75) is 6.04 Å². The number of urea groups is 1. The molecule has 3 N–H and O–H groups in total. The lowest BCUT2D eigenvalue weighted by molar-refractivity contribution is -0.141. The predicted octanol–water partition coefficient (Wildman–Crippen LogP) is 1.83. The number of nitrogens with zero attached hydrogens (tertiary/aromatic N) is 3. The fourth-order valence-corrected chi connectivity index (χ4v) is 4.49. The Morgan fingerprint density at radius 3 is 2.69 bits per heavy atom. The maximum atomic E-state index is 12.7. The minimum Gasteiger partial charge on any atom is -0.493 e. The third kappa shape index (κ3) is 5.96. The zero-order valence-electron chi connectivity index (χ0n) is 18.7. The van der Waals surface area contributed by atoms with E-state index in [1.165, 1.54) is 26.7 Å². The Hall–Kier alpha value is -3.48. The van der Waals surface area contributed by atoms with Crippen LogP contribution in [-0.4, -0.2) is 79.1 Å². The van der Waals surface area contributed by atoms with E-state index in [-0.39, 0.29) is 29.0 Å². The molecule has 1 aliphatic rings. The summed E-state index contributed by atoms with van der Waals surface area (Å²) in [6, 6.07) is 0.0746. The second kappa shape index (κ2) is 11.8. The van der Waals surface area contributed by atoms with E-state index in [4.69, 9.17) is 25.9 Å². The molecule has 2 aromatic rings. The molecule has 3 heterocycles. The van der Waals surface area contributed by atoms with Gasteiger partial charge in [0.1, 0.15) is 30.1 Å². The lowest BCUT2D eigenvalue weighted by Gasteiger charge is -2.36. The highest BCUT2D eigenvalue weighted by molar-refractivity contribution is 7.34. The normalized spacial score (nSPS) is 15.3. The number of carbonyl (C=O) groups excluding carboxylic acids is 4. The van der Waals surface area contributed by atoms with Crippen molar-refractivity contribution in [3.63, 3.8) is 0 Å². The van der Waals surface area contributed by atoms with E-state index >= 15 is 0 Å². The summed E-state index contributed by atoms with van der Waals surface area (Å²) >= 11 is 6.51. The molecule has 13 nitrogen and oxygen atoms in total. The summed E-state index contributed by atoms with van der Waals surface area (Å²) in [7, 11) is 4.79. The molecule has 35 heavy (non-hydrogen) atoms. The maximum Gasteiger partial charge on any atom is 0.329 e. The van der Waals surface area contributed by atoms with Crippen LogP contribution in [0.15, 0.2) is 22.4 Å². The SMILES string of the molecule is CO/N=C(\C(=O)N[C@H]1CN(C(=O)Nc2pccc(OC)c2OC)C1=O)c1csc(NC(=O)CCl)n1. The van der Waals surface area contributed by atoms with Crippen LogP contribution in [0, 0.1) is 0 Å². The number of β-lactam (4-membered cyclic amide) rings is 1. The molecule has 0 aromatic carbocycles. The molecule has 1 aliphatic heterocycles. The van der Waals surface area contributed by atoms with Gasteiger partial charge in [-0.05, 0) is 20.1 Å². The van der Waals surface area contributed by atoms with E-state index in [0.717, 1.165) is 16.2 Å². The largest absolute Gasteiger partial charge is 0.493 e. The fraction of sp³-hybridized carbons (Fsp3) is 0.316. The summed E-state index contributed by atoms with van der Waals surface area (Å²) < 4.78 is 10.5. The molecular weight excluding hydrogens is 523 g/mol. The van der Waals surface area contributed by atoms with Gasteiger partial charge in [0.05, 0.1) is 20.8 Å². The lowest BCUT2D eigenvalue weighted by Crippen LogP contribution is -2.66. The van der Waals surface area contributed by atoms with E-state index < -0.39 is 29.8 Å². The summed E-state index contributed by atoms with van der Waals surface area (Å²) in [6.07, 6.45) is 0. The number of halogens is 1. The number of hydrogen-bond acceptors (Lipinski definition) is 10. The Labute approximate surface area is 209 Å². The van der Waals surface area contributed by atoms with E-state index in [0.29, 0.717) is 25.1 Å². The standard InChI is InChI=1S/C19H20ClN6O7PS/c1-31-11-4-5-34-16(14(11)32-2)24-19(30)26-7-9(17(26)29)21-15(28)13(25-33-3)10-8-35-18(22-10)23-12(27)6-20/h4-5,8-9H,6-7H2,1-3H3,(H,21,28)(H,24,30)(H,22,23,27)/b25-13-/t9-/m0/s1. The second-order valence-electron chi connectivity index (χ2n) is 6.64. The van der Waals surface area contributed by atoms with Crippen molar-refractivity contribution < 1.29 is 33.5 Å². The maximum absolute atomic E-state index is 12.7. The van der Waals surface area contributed by atoms with Crippen LogP contribution in [0.1, 0.15) is 5.69 Å². The van der Waals surface area contributed by atoms with Crippen LogP contribution < -0.4 is 25.4 Å². The van der Waals surface area contributed by atoms with E-state index in [1.807, 2.05) is 0 Å². The molecule has 0 spiro atoms. The van der Waals surface area contributed by atoms with Gasteiger partial charge in [-0.15, -0.1) is 22.9 Å². The van der Waals surface area contributed by atoms with Crippen LogP contribution in [0.2, 0.25) is 0 Å². The Bertz CT molecular complexity index is 1180. The number of imide groups is 1. The number of ether oxygens (including phenoxy) is 2. The van der Waals surface area contributed by atoms with Gasteiger partial charge < -0.3 is 30.3 Å². The monoisotopic (exact) mass is 542 g/mol. The van der Waals surface area contributed by atoms with Crippen LogP contribution in [0.3, 0.4) is 0 Å². The molecule has 0 saturated carbocycles. The molecule has 1 atom stereocenters. The zero-order valence-corrected chi connectivity index (χ0v) is 21.1. The van der Waals surface area contributed by atoms with Crippen molar-refractivity contribution in [3.8, 4) is 11.5 Å². The number of amides is 5. The summed E-state index contributed by atoms with van der Waals surface area (Å²) in [5.41, 5.74) is 0.317. The van der Waals surface area contributed by atoms with Crippen LogP contribution in [0.5, 0.6) is 11.5 Å². The second-order valence-corrected chi connectivity index (χ2v) is 8.77. The topological polar surface area (TPSA) is 161 Å². The van der Waals surface area contributed by atoms with Gasteiger partial charge in [0.2, 0.25) is 5.91 Å². The molecule has 2 aromatic heterocycles. The van der Waals surface area contributed by atoms with Crippen molar-refractivity contribution in [3.05, 3.63) is 22.9 Å². The van der Waals surface area contributed by atoms with Gasteiger partial charge in [-0.3, -0.25) is 19.3 Å². The molecule has 0 radical (unpaired) electrons. The average Bonchev–Trinajstić information content (AvgIpc) is 3.31. The zero-order chi connectivity index (χ0) is 25.5. The molecule has 0 bridgehead atoms. The minimum absolute atomic E-state index is 0.0616. The minimum atomic E-state index is -0.954. The number of likely N-dealkylation sites (tertiary alicyclic amines) is 1. The van der Waals surface area contributed by atoms with Gasteiger partial charge >= 0.3 is 6.03 Å². The van der Waals surface area contributed by atoms with Crippen LogP contribution >= 0.6 is 31.1 Å². The van der Waals surface area contributed by atoms with Gasteiger partial charge in [0, 0.05) is 5.38 Å². The molecule has 3 rings (SSSR count). The number of alkyl halides is 1. The number of aromatic nitrogens is 1. The first kappa shape index (κ1) is 26.1. The van der Waals surface area contributed by atoms with Crippen LogP contribution in [-0.2, 0) is 19.2 Å².